The van der Waals surface area contributed by atoms with Crippen LogP contribution < -0.4 is 4.90 Å². The minimum Gasteiger partial charge on any atom is -0.372 e. The average molecular weight is 351 g/mol. The van der Waals surface area contributed by atoms with E-state index in [2.05, 4.69) is 62.2 Å². The van der Waals surface area contributed by atoms with E-state index >= 15 is 0 Å². The lowest BCUT2D eigenvalue weighted by Crippen LogP contribution is -2.34. The molecule has 2 nitrogen and oxygen atoms in total. The molecule has 4 rings (SSSR count). The van der Waals surface area contributed by atoms with Crippen molar-refractivity contribution in [2.45, 2.75) is 52.0 Å². The normalized spacial score (nSPS) is 17.1. The van der Waals surface area contributed by atoms with Gasteiger partial charge in [0, 0.05) is 24.3 Å². The summed E-state index contributed by atoms with van der Waals surface area (Å²) in [4.78, 5) is 7.39. The van der Waals surface area contributed by atoms with Crippen molar-refractivity contribution >= 4 is 27.2 Å². The molecule has 1 unspecified atom stereocenters. The van der Waals surface area contributed by atoms with Crippen LogP contribution in [0.25, 0.3) is 20.8 Å². The smallest absolute Gasteiger partial charge is 0.124 e. The second-order valence-corrected chi connectivity index (χ2v) is 8.21. The van der Waals surface area contributed by atoms with Crippen LogP contribution in [-0.4, -0.2) is 18.1 Å². The van der Waals surface area contributed by atoms with Gasteiger partial charge in [0.1, 0.15) is 5.01 Å². The highest BCUT2D eigenvalue weighted by Crippen LogP contribution is 2.40. The van der Waals surface area contributed by atoms with Gasteiger partial charge >= 0.3 is 0 Å². The Kier molecular flexibility index (Phi) is 4.51. The summed E-state index contributed by atoms with van der Waals surface area (Å²) >= 11 is 1.83. The Bertz CT molecular complexity index is 863. The summed E-state index contributed by atoms with van der Waals surface area (Å²) in [6.07, 6.45) is 6.07. The first-order valence-electron chi connectivity index (χ1n) is 9.42. The van der Waals surface area contributed by atoms with Gasteiger partial charge in [0.2, 0.25) is 0 Å². The van der Waals surface area contributed by atoms with E-state index in [1.165, 1.54) is 52.2 Å². The Morgan fingerprint density at radius 2 is 2.04 bits per heavy atom. The third-order valence-corrected chi connectivity index (χ3v) is 6.63. The Balaban J connectivity index is 1.86. The molecule has 130 valence electrons. The average Bonchev–Trinajstić information content (AvgIpc) is 3.06. The molecular weight excluding hydrogens is 324 g/mol. The van der Waals surface area contributed by atoms with Gasteiger partial charge in [-0.3, -0.25) is 0 Å². The van der Waals surface area contributed by atoms with E-state index in [1.807, 2.05) is 11.3 Å². The first kappa shape index (κ1) is 16.6. The maximum atomic E-state index is 4.94. The molecule has 3 heteroatoms. The lowest BCUT2D eigenvalue weighted by molar-refractivity contribution is 0.594. The summed E-state index contributed by atoms with van der Waals surface area (Å²) in [5, 5.41) is 1.18. The van der Waals surface area contributed by atoms with Gasteiger partial charge in [0.25, 0.3) is 0 Å². The maximum absolute atomic E-state index is 4.94. The van der Waals surface area contributed by atoms with Gasteiger partial charge in [-0.2, -0.15) is 0 Å². The van der Waals surface area contributed by atoms with Gasteiger partial charge in [0.15, 0.2) is 0 Å². The van der Waals surface area contributed by atoms with Crippen LogP contribution in [0.1, 0.15) is 44.2 Å². The maximum Gasteiger partial charge on any atom is 0.124 e. The second-order valence-electron chi connectivity index (χ2n) is 7.18. The molecule has 1 aliphatic heterocycles. The second kappa shape index (κ2) is 6.80. The molecule has 0 spiro atoms. The molecule has 0 saturated carbocycles. The lowest BCUT2D eigenvalue weighted by Gasteiger charge is -2.35. The predicted molar refractivity (Wildman–Crippen MR) is 110 cm³/mol. The molecule has 0 N–H and O–H groups in total. The Hall–Kier alpha value is -1.87. The number of aromatic nitrogens is 1. The Morgan fingerprint density at radius 3 is 2.84 bits per heavy atom. The number of unbranched alkanes of at least 4 members (excludes halogenated alkanes) is 1. The van der Waals surface area contributed by atoms with E-state index in [9.17, 15) is 0 Å². The topological polar surface area (TPSA) is 16.1 Å². The van der Waals surface area contributed by atoms with Crippen molar-refractivity contribution in [2.75, 3.05) is 11.9 Å². The third kappa shape index (κ3) is 2.95. The zero-order chi connectivity index (χ0) is 17.4. The fourth-order valence-corrected chi connectivity index (χ4v) is 4.92. The SMILES string of the molecule is CCCCc1c(-c2nc3ccccc3s2)ccc2c1CCC(C)N2C. The van der Waals surface area contributed by atoms with Crippen LogP contribution in [0.15, 0.2) is 36.4 Å². The van der Waals surface area contributed by atoms with Gasteiger partial charge in [-0.05, 0) is 68.0 Å². The highest BCUT2D eigenvalue weighted by molar-refractivity contribution is 7.21. The molecule has 0 amide bonds. The van der Waals surface area contributed by atoms with Crippen molar-refractivity contribution in [1.29, 1.82) is 0 Å². The predicted octanol–water partition coefficient (Wildman–Crippen LogP) is 6.08. The van der Waals surface area contributed by atoms with Gasteiger partial charge in [-0.15, -0.1) is 11.3 Å². The van der Waals surface area contributed by atoms with Gasteiger partial charge in [-0.1, -0.05) is 25.5 Å². The molecule has 25 heavy (non-hydrogen) atoms. The van der Waals surface area contributed by atoms with Gasteiger partial charge in [0.05, 0.1) is 10.2 Å². The number of nitrogens with zero attached hydrogens (tertiary/aromatic N) is 2. The summed E-state index contributed by atoms with van der Waals surface area (Å²) in [5.41, 5.74) is 7.00. The monoisotopic (exact) mass is 350 g/mol. The zero-order valence-corrected chi connectivity index (χ0v) is 16.2. The number of hydrogen-bond donors (Lipinski definition) is 0. The summed E-state index contributed by atoms with van der Waals surface area (Å²) in [6, 6.07) is 13.7. The summed E-state index contributed by atoms with van der Waals surface area (Å²) in [5.74, 6) is 0. The minimum atomic E-state index is 0.625. The number of fused-ring (bicyclic) bond motifs is 2. The first-order chi connectivity index (χ1) is 12.2. The third-order valence-electron chi connectivity index (χ3n) is 5.56. The van der Waals surface area contributed by atoms with Crippen LogP contribution in [0.4, 0.5) is 5.69 Å². The molecule has 2 heterocycles. The molecule has 2 aromatic carbocycles. The van der Waals surface area contributed by atoms with Crippen LogP contribution in [0.2, 0.25) is 0 Å². The summed E-state index contributed by atoms with van der Waals surface area (Å²) in [6.45, 7) is 4.61. The molecule has 0 fully saturated rings. The zero-order valence-electron chi connectivity index (χ0n) is 15.4. The van der Waals surface area contributed by atoms with Crippen LogP contribution >= 0.6 is 11.3 Å². The number of rotatable bonds is 4. The number of hydrogen-bond acceptors (Lipinski definition) is 3. The van der Waals surface area contributed by atoms with E-state index in [0.717, 1.165) is 11.9 Å². The largest absolute Gasteiger partial charge is 0.372 e. The van der Waals surface area contributed by atoms with Crippen LogP contribution in [-0.2, 0) is 12.8 Å². The quantitative estimate of drug-likeness (QED) is 0.567. The first-order valence-corrected chi connectivity index (χ1v) is 10.2. The molecule has 1 aliphatic rings. The fraction of sp³-hybridized carbons (Fsp3) is 0.409. The van der Waals surface area contributed by atoms with Crippen molar-refractivity contribution in [3.8, 4) is 10.6 Å². The number of para-hydroxylation sites is 1. The van der Waals surface area contributed by atoms with Crippen molar-refractivity contribution in [3.05, 3.63) is 47.5 Å². The fourth-order valence-electron chi connectivity index (χ4n) is 3.90. The van der Waals surface area contributed by atoms with Crippen molar-refractivity contribution in [1.82, 2.24) is 4.98 Å². The highest BCUT2D eigenvalue weighted by atomic mass is 32.1. The van der Waals surface area contributed by atoms with E-state index in [-0.39, 0.29) is 0 Å². The minimum absolute atomic E-state index is 0.625. The van der Waals surface area contributed by atoms with Crippen LogP contribution in [0.3, 0.4) is 0 Å². The van der Waals surface area contributed by atoms with Crippen molar-refractivity contribution < 1.29 is 0 Å². The summed E-state index contributed by atoms with van der Waals surface area (Å²) < 4.78 is 1.28. The molecule has 0 bridgehead atoms. The van der Waals surface area contributed by atoms with Gasteiger partial charge in [-0.25, -0.2) is 4.98 Å². The van der Waals surface area contributed by atoms with Crippen molar-refractivity contribution in [2.24, 2.45) is 0 Å². The van der Waals surface area contributed by atoms with Crippen LogP contribution in [0.5, 0.6) is 0 Å². The standard InChI is InChI=1S/C22H26N2S/c1-4-5-8-16-17-12-11-15(2)24(3)20(17)14-13-18(16)22-23-19-9-6-7-10-21(19)25-22/h6-7,9-10,13-15H,4-5,8,11-12H2,1-3H3. The lowest BCUT2D eigenvalue weighted by atomic mass is 9.88. The van der Waals surface area contributed by atoms with E-state index < -0.39 is 0 Å². The van der Waals surface area contributed by atoms with Gasteiger partial charge < -0.3 is 4.90 Å². The van der Waals surface area contributed by atoms with E-state index in [4.69, 9.17) is 4.98 Å². The molecule has 3 aromatic rings. The number of benzene rings is 2. The molecule has 1 atom stereocenters. The molecule has 1 aromatic heterocycles. The Morgan fingerprint density at radius 1 is 1.20 bits per heavy atom. The van der Waals surface area contributed by atoms with E-state index in [1.54, 1.807) is 5.56 Å². The molecule has 0 aliphatic carbocycles. The molecule has 0 saturated heterocycles. The molecule has 0 radical (unpaired) electrons. The highest BCUT2D eigenvalue weighted by Gasteiger charge is 2.24. The number of anilines is 1. The van der Waals surface area contributed by atoms with Crippen molar-refractivity contribution in [3.63, 3.8) is 0 Å². The number of thiazole rings is 1. The summed E-state index contributed by atoms with van der Waals surface area (Å²) in [7, 11) is 2.24. The van der Waals surface area contributed by atoms with Crippen LogP contribution in [0, 0.1) is 0 Å². The molecular formula is C22H26N2S. The Labute approximate surface area is 154 Å². The van der Waals surface area contributed by atoms with E-state index in [0.29, 0.717) is 6.04 Å².